The first kappa shape index (κ1) is 15.9. The van der Waals surface area contributed by atoms with E-state index in [-0.39, 0.29) is 11.9 Å². The Labute approximate surface area is 140 Å². The number of rotatable bonds is 5. The lowest BCUT2D eigenvalue weighted by atomic mass is 10.2. The lowest BCUT2D eigenvalue weighted by molar-refractivity contribution is -0.117. The second kappa shape index (κ2) is 6.62. The minimum atomic E-state index is -0.457. The SMILES string of the molecule is COc1cccc(N2CC(Nc3ccc(C(N)=O)cc3)CC2=O)c1. The zero-order valence-corrected chi connectivity index (χ0v) is 13.4. The van der Waals surface area contributed by atoms with Gasteiger partial charge in [-0.3, -0.25) is 9.59 Å². The molecule has 1 heterocycles. The first-order chi connectivity index (χ1) is 11.6. The predicted octanol–water partition coefficient (Wildman–Crippen LogP) is 2.01. The van der Waals surface area contributed by atoms with Crippen LogP contribution >= 0.6 is 0 Å². The Morgan fingerprint density at radius 2 is 2.00 bits per heavy atom. The number of amides is 2. The molecule has 124 valence electrons. The summed E-state index contributed by atoms with van der Waals surface area (Å²) in [5, 5.41) is 3.32. The monoisotopic (exact) mass is 325 g/mol. The fraction of sp³-hybridized carbons (Fsp3) is 0.222. The molecule has 6 nitrogen and oxygen atoms in total. The average Bonchev–Trinajstić information content (AvgIpc) is 2.95. The van der Waals surface area contributed by atoms with Crippen molar-refractivity contribution in [1.29, 1.82) is 0 Å². The van der Waals surface area contributed by atoms with E-state index in [2.05, 4.69) is 5.32 Å². The predicted molar refractivity (Wildman–Crippen MR) is 92.3 cm³/mol. The number of nitrogens with one attached hydrogen (secondary N) is 1. The van der Waals surface area contributed by atoms with Crippen molar-refractivity contribution in [3.8, 4) is 5.75 Å². The minimum Gasteiger partial charge on any atom is -0.497 e. The van der Waals surface area contributed by atoms with E-state index in [1.807, 2.05) is 24.3 Å². The van der Waals surface area contributed by atoms with Crippen LogP contribution in [0.15, 0.2) is 48.5 Å². The summed E-state index contributed by atoms with van der Waals surface area (Å²) < 4.78 is 5.21. The molecule has 1 aliphatic heterocycles. The van der Waals surface area contributed by atoms with Crippen LogP contribution in [0.2, 0.25) is 0 Å². The number of hydrogen-bond acceptors (Lipinski definition) is 4. The van der Waals surface area contributed by atoms with Gasteiger partial charge in [0.1, 0.15) is 5.75 Å². The van der Waals surface area contributed by atoms with E-state index in [1.165, 1.54) is 0 Å². The molecule has 0 bridgehead atoms. The molecule has 1 aliphatic rings. The summed E-state index contributed by atoms with van der Waals surface area (Å²) in [6, 6.07) is 14.4. The zero-order chi connectivity index (χ0) is 17.1. The summed E-state index contributed by atoms with van der Waals surface area (Å²) in [4.78, 5) is 25.1. The van der Waals surface area contributed by atoms with Gasteiger partial charge in [0, 0.05) is 36.0 Å². The van der Waals surface area contributed by atoms with Crippen molar-refractivity contribution in [2.24, 2.45) is 5.73 Å². The van der Waals surface area contributed by atoms with Gasteiger partial charge in [0.15, 0.2) is 0 Å². The number of ether oxygens (including phenoxy) is 1. The third-order valence-electron chi connectivity index (χ3n) is 4.03. The van der Waals surface area contributed by atoms with Gasteiger partial charge in [-0.2, -0.15) is 0 Å². The molecule has 1 unspecified atom stereocenters. The summed E-state index contributed by atoms with van der Waals surface area (Å²) in [7, 11) is 1.60. The Morgan fingerprint density at radius 3 is 2.67 bits per heavy atom. The van der Waals surface area contributed by atoms with Gasteiger partial charge in [-0.15, -0.1) is 0 Å². The van der Waals surface area contributed by atoms with Crippen molar-refractivity contribution in [3.63, 3.8) is 0 Å². The van der Waals surface area contributed by atoms with Crippen LogP contribution in [-0.2, 0) is 4.79 Å². The lowest BCUT2D eigenvalue weighted by Crippen LogP contribution is -2.27. The van der Waals surface area contributed by atoms with Gasteiger partial charge in [0.05, 0.1) is 13.2 Å². The molecule has 3 N–H and O–H groups in total. The Bertz CT molecular complexity index is 758. The lowest BCUT2D eigenvalue weighted by Gasteiger charge is -2.18. The van der Waals surface area contributed by atoms with Crippen LogP contribution in [0.3, 0.4) is 0 Å². The molecule has 2 aromatic carbocycles. The van der Waals surface area contributed by atoms with Crippen molar-refractivity contribution in [1.82, 2.24) is 0 Å². The van der Waals surface area contributed by atoms with Gasteiger partial charge >= 0.3 is 0 Å². The molecule has 0 aliphatic carbocycles. The molecule has 1 fully saturated rings. The molecule has 1 atom stereocenters. The van der Waals surface area contributed by atoms with Crippen molar-refractivity contribution in [3.05, 3.63) is 54.1 Å². The van der Waals surface area contributed by atoms with E-state index >= 15 is 0 Å². The van der Waals surface area contributed by atoms with Crippen LogP contribution in [0.1, 0.15) is 16.8 Å². The topological polar surface area (TPSA) is 84.7 Å². The Morgan fingerprint density at radius 1 is 1.25 bits per heavy atom. The van der Waals surface area contributed by atoms with Crippen LogP contribution in [0.4, 0.5) is 11.4 Å². The molecule has 2 amide bonds. The summed E-state index contributed by atoms with van der Waals surface area (Å²) >= 11 is 0. The molecule has 2 aromatic rings. The fourth-order valence-electron chi connectivity index (χ4n) is 2.80. The molecule has 0 radical (unpaired) electrons. The highest BCUT2D eigenvalue weighted by molar-refractivity contribution is 5.97. The first-order valence-corrected chi connectivity index (χ1v) is 7.67. The van der Waals surface area contributed by atoms with Crippen molar-refractivity contribution in [2.75, 3.05) is 23.9 Å². The number of hydrogen-bond donors (Lipinski definition) is 2. The standard InChI is InChI=1S/C18H19N3O3/c1-24-16-4-2-3-15(10-16)21-11-14(9-17(21)22)20-13-7-5-12(6-8-13)18(19)23/h2-8,10,14,20H,9,11H2,1H3,(H2,19,23). The second-order valence-corrected chi connectivity index (χ2v) is 5.69. The smallest absolute Gasteiger partial charge is 0.248 e. The number of carbonyl (C=O) groups excluding carboxylic acids is 2. The number of benzene rings is 2. The van der Waals surface area contributed by atoms with Gasteiger partial charge in [-0.1, -0.05) is 6.07 Å². The second-order valence-electron chi connectivity index (χ2n) is 5.69. The maximum absolute atomic E-state index is 12.3. The molecule has 24 heavy (non-hydrogen) atoms. The number of carbonyl (C=O) groups is 2. The maximum atomic E-state index is 12.3. The number of methoxy groups -OCH3 is 1. The summed E-state index contributed by atoms with van der Waals surface area (Å²) in [6.45, 7) is 0.573. The normalized spacial score (nSPS) is 17.0. The van der Waals surface area contributed by atoms with Gasteiger partial charge < -0.3 is 20.7 Å². The summed E-state index contributed by atoms with van der Waals surface area (Å²) in [5.41, 5.74) is 7.37. The van der Waals surface area contributed by atoms with E-state index in [4.69, 9.17) is 10.5 Å². The van der Waals surface area contributed by atoms with Crippen LogP contribution in [0.25, 0.3) is 0 Å². The molecular formula is C18H19N3O3. The Kier molecular flexibility index (Phi) is 4.37. The third-order valence-corrected chi connectivity index (χ3v) is 4.03. The number of anilines is 2. The van der Waals surface area contributed by atoms with Gasteiger partial charge in [0.25, 0.3) is 0 Å². The van der Waals surface area contributed by atoms with E-state index < -0.39 is 5.91 Å². The van der Waals surface area contributed by atoms with Gasteiger partial charge in [-0.05, 0) is 36.4 Å². The molecule has 3 rings (SSSR count). The van der Waals surface area contributed by atoms with E-state index in [0.717, 1.165) is 17.1 Å². The van der Waals surface area contributed by atoms with Gasteiger partial charge in [-0.25, -0.2) is 0 Å². The molecular weight excluding hydrogens is 306 g/mol. The van der Waals surface area contributed by atoms with Crippen LogP contribution in [0, 0.1) is 0 Å². The zero-order valence-electron chi connectivity index (χ0n) is 13.4. The summed E-state index contributed by atoms with van der Waals surface area (Å²) in [6.07, 6.45) is 0.411. The molecule has 0 saturated carbocycles. The van der Waals surface area contributed by atoms with E-state index in [0.29, 0.717) is 18.5 Å². The molecule has 1 saturated heterocycles. The highest BCUT2D eigenvalue weighted by atomic mass is 16.5. The Balaban J connectivity index is 1.69. The average molecular weight is 325 g/mol. The van der Waals surface area contributed by atoms with Crippen molar-refractivity contribution in [2.45, 2.75) is 12.5 Å². The molecule has 6 heteroatoms. The molecule has 0 aromatic heterocycles. The van der Waals surface area contributed by atoms with Crippen molar-refractivity contribution >= 4 is 23.2 Å². The number of nitrogens with zero attached hydrogens (tertiary/aromatic N) is 1. The van der Waals surface area contributed by atoms with E-state index in [1.54, 1.807) is 36.3 Å². The Hall–Kier alpha value is -3.02. The van der Waals surface area contributed by atoms with E-state index in [9.17, 15) is 9.59 Å². The quantitative estimate of drug-likeness (QED) is 0.881. The number of nitrogens with two attached hydrogens (primary N) is 1. The third kappa shape index (κ3) is 3.32. The largest absolute Gasteiger partial charge is 0.497 e. The minimum absolute atomic E-state index is 0.00290. The maximum Gasteiger partial charge on any atom is 0.248 e. The van der Waals surface area contributed by atoms with Crippen LogP contribution in [0.5, 0.6) is 5.75 Å². The van der Waals surface area contributed by atoms with Crippen LogP contribution < -0.4 is 20.7 Å². The van der Waals surface area contributed by atoms with Gasteiger partial charge in [0.2, 0.25) is 11.8 Å². The highest BCUT2D eigenvalue weighted by Gasteiger charge is 2.30. The first-order valence-electron chi connectivity index (χ1n) is 7.67. The van der Waals surface area contributed by atoms with Crippen LogP contribution in [-0.4, -0.2) is 31.5 Å². The molecule has 0 spiro atoms. The highest BCUT2D eigenvalue weighted by Crippen LogP contribution is 2.26. The number of primary amides is 1. The van der Waals surface area contributed by atoms with Crippen molar-refractivity contribution < 1.29 is 14.3 Å². The fourth-order valence-corrected chi connectivity index (χ4v) is 2.80. The summed E-state index contributed by atoms with van der Waals surface area (Å²) in [5.74, 6) is 0.329.